The summed E-state index contributed by atoms with van der Waals surface area (Å²) in [4.78, 5) is 46.2. The van der Waals surface area contributed by atoms with Crippen LogP contribution in [0.2, 0.25) is 0 Å². The number of hydrogen-bond acceptors (Lipinski definition) is 9. The molecule has 260 valence electrons. The maximum Gasteiger partial charge on any atom is 0.321 e. The van der Waals surface area contributed by atoms with Crippen molar-refractivity contribution >= 4 is 39.7 Å². The number of sulfonamides is 1. The molecule has 2 aromatic carbocycles. The summed E-state index contributed by atoms with van der Waals surface area (Å²) in [5, 5.41) is 19.9. The Morgan fingerprint density at radius 1 is 1.12 bits per heavy atom. The predicted molar refractivity (Wildman–Crippen MR) is 182 cm³/mol. The molecule has 0 saturated carbocycles. The predicted octanol–water partition coefficient (Wildman–Crippen LogP) is 2.25. The summed E-state index contributed by atoms with van der Waals surface area (Å²) in [7, 11) is -2.55. The van der Waals surface area contributed by atoms with Gasteiger partial charge in [0.2, 0.25) is 22.3 Å². The van der Waals surface area contributed by atoms with E-state index >= 15 is 0 Å². The van der Waals surface area contributed by atoms with E-state index in [1.807, 2.05) is 56.5 Å². The van der Waals surface area contributed by atoms with Crippen molar-refractivity contribution in [1.29, 1.82) is 0 Å². The lowest BCUT2D eigenvalue weighted by Crippen LogP contribution is -2.58. The van der Waals surface area contributed by atoms with E-state index in [1.54, 1.807) is 17.0 Å². The van der Waals surface area contributed by atoms with Crippen LogP contribution in [0.25, 0.3) is 0 Å². The number of nitrogens with zero attached hydrogens (tertiary/aromatic N) is 4. The fourth-order valence-corrected chi connectivity index (χ4v) is 7.78. The van der Waals surface area contributed by atoms with Gasteiger partial charge in [-0.1, -0.05) is 44.2 Å². The minimum absolute atomic E-state index is 0.0460. The van der Waals surface area contributed by atoms with Crippen molar-refractivity contribution < 1.29 is 32.6 Å². The van der Waals surface area contributed by atoms with Crippen LogP contribution in [-0.4, -0.2) is 109 Å². The van der Waals surface area contributed by atoms with Crippen LogP contribution in [0.15, 0.2) is 64.9 Å². The number of aliphatic hydroxyl groups excluding tert-OH is 1. The third kappa shape index (κ3) is 9.52. The quantitative estimate of drug-likeness (QED) is 0.170. The standard InChI is InChI=1S/C33H44N6O7S2/c1-23(2)18-38(48(44,45)28-12-10-27(46-4)11-13-28)20-31(41)29(16-25-8-6-5-7-9-25)36-32(42)30(17-34-22-40)39-15-14-37(33(39)43)19-26-21-47-24(3)35-26/h5-13,21-23,29-31,41H,14-20H2,1-4H3,(H,34,40)(H,36,42)/t29-,30-,31+/m0/s1. The Balaban J connectivity index is 1.57. The van der Waals surface area contributed by atoms with Crippen molar-refractivity contribution in [2.24, 2.45) is 5.92 Å². The number of hydrogen-bond donors (Lipinski definition) is 3. The second-order valence-corrected chi connectivity index (χ2v) is 15.1. The fourth-order valence-electron chi connectivity index (χ4n) is 5.56. The van der Waals surface area contributed by atoms with Crippen LogP contribution in [-0.2, 0) is 32.6 Å². The number of ether oxygens (including phenoxy) is 1. The molecule has 3 atom stereocenters. The number of nitrogens with one attached hydrogen (secondary N) is 2. The van der Waals surface area contributed by atoms with Crippen LogP contribution in [0, 0.1) is 12.8 Å². The fraction of sp³-hybridized carbons (Fsp3) is 0.455. The molecule has 1 aromatic heterocycles. The topological polar surface area (TPSA) is 161 Å². The van der Waals surface area contributed by atoms with Crippen molar-refractivity contribution in [2.45, 2.75) is 56.8 Å². The summed E-state index contributed by atoms with van der Waals surface area (Å²) in [6.45, 7) is 6.21. The van der Waals surface area contributed by atoms with Crippen molar-refractivity contribution in [2.75, 3.05) is 39.8 Å². The minimum atomic E-state index is -4.04. The lowest BCUT2D eigenvalue weighted by Gasteiger charge is -2.33. The molecule has 1 fully saturated rings. The second-order valence-electron chi connectivity index (χ2n) is 12.1. The molecule has 0 bridgehead atoms. The third-order valence-electron chi connectivity index (χ3n) is 7.97. The second kappa shape index (κ2) is 16.9. The van der Waals surface area contributed by atoms with E-state index in [2.05, 4.69) is 15.6 Å². The zero-order valence-corrected chi connectivity index (χ0v) is 29.2. The van der Waals surface area contributed by atoms with Crippen molar-refractivity contribution in [3.8, 4) is 5.75 Å². The summed E-state index contributed by atoms with van der Waals surface area (Å²) >= 11 is 1.49. The van der Waals surface area contributed by atoms with E-state index in [-0.39, 0.29) is 49.4 Å². The lowest BCUT2D eigenvalue weighted by molar-refractivity contribution is -0.127. The van der Waals surface area contributed by atoms with E-state index in [4.69, 9.17) is 4.74 Å². The van der Waals surface area contributed by atoms with Gasteiger partial charge in [0.05, 0.1) is 41.4 Å². The van der Waals surface area contributed by atoms with Crippen molar-refractivity contribution in [3.63, 3.8) is 0 Å². The summed E-state index contributed by atoms with van der Waals surface area (Å²) in [5.74, 6) is -0.146. The molecule has 0 radical (unpaired) electrons. The largest absolute Gasteiger partial charge is 0.497 e. The molecule has 1 aliphatic rings. The van der Waals surface area contributed by atoms with Gasteiger partial charge in [0.25, 0.3) is 0 Å². The molecule has 0 unspecified atom stereocenters. The number of benzene rings is 2. The smallest absolute Gasteiger partial charge is 0.321 e. The molecule has 1 saturated heterocycles. The van der Waals surface area contributed by atoms with E-state index in [0.29, 0.717) is 25.2 Å². The van der Waals surface area contributed by atoms with Crippen LogP contribution in [0.3, 0.4) is 0 Å². The molecule has 0 aliphatic carbocycles. The number of carbonyl (C=O) groups is 3. The van der Waals surface area contributed by atoms with Gasteiger partial charge in [-0.2, -0.15) is 4.31 Å². The Bertz CT molecular complexity index is 1620. The molecule has 3 N–H and O–H groups in total. The highest BCUT2D eigenvalue weighted by molar-refractivity contribution is 7.89. The van der Waals surface area contributed by atoms with Crippen molar-refractivity contribution in [3.05, 3.63) is 76.2 Å². The van der Waals surface area contributed by atoms with Gasteiger partial charge in [-0.15, -0.1) is 11.3 Å². The number of methoxy groups -OCH3 is 1. The van der Waals surface area contributed by atoms with Gasteiger partial charge in [0.1, 0.15) is 11.8 Å². The number of amides is 4. The number of aliphatic hydroxyl groups is 1. The van der Waals surface area contributed by atoms with E-state index in [0.717, 1.165) is 16.3 Å². The molecule has 13 nitrogen and oxygen atoms in total. The average molecular weight is 701 g/mol. The Morgan fingerprint density at radius 2 is 1.83 bits per heavy atom. The minimum Gasteiger partial charge on any atom is -0.497 e. The monoisotopic (exact) mass is 700 g/mol. The van der Waals surface area contributed by atoms with E-state index in [1.165, 1.54) is 39.8 Å². The highest BCUT2D eigenvalue weighted by Gasteiger charge is 2.39. The van der Waals surface area contributed by atoms with E-state index < -0.39 is 34.1 Å². The zero-order valence-electron chi connectivity index (χ0n) is 27.6. The first-order chi connectivity index (χ1) is 22.9. The summed E-state index contributed by atoms with van der Waals surface area (Å²) in [6.07, 6.45) is -0.691. The van der Waals surface area contributed by atoms with Gasteiger partial charge in [-0.05, 0) is 49.1 Å². The summed E-state index contributed by atoms with van der Waals surface area (Å²) in [6, 6.07) is 12.8. The first-order valence-corrected chi connectivity index (χ1v) is 18.0. The molecule has 0 spiro atoms. The molecule has 3 aromatic rings. The number of thiazole rings is 1. The van der Waals surface area contributed by atoms with Crippen LogP contribution >= 0.6 is 11.3 Å². The normalized spacial score (nSPS) is 15.4. The molecule has 4 rings (SSSR count). The van der Waals surface area contributed by atoms with Gasteiger partial charge in [-0.3, -0.25) is 9.59 Å². The molecular formula is C33H44N6O7S2. The lowest BCUT2D eigenvalue weighted by atomic mass is 10.00. The maximum absolute atomic E-state index is 14.0. The zero-order chi connectivity index (χ0) is 34.8. The van der Waals surface area contributed by atoms with Crippen LogP contribution < -0.4 is 15.4 Å². The molecule has 15 heteroatoms. The first-order valence-electron chi connectivity index (χ1n) is 15.7. The van der Waals surface area contributed by atoms with Crippen molar-refractivity contribution in [1.82, 2.24) is 29.7 Å². The molecular weight excluding hydrogens is 657 g/mol. The van der Waals surface area contributed by atoms with Gasteiger partial charge < -0.3 is 30.3 Å². The Morgan fingerprint density at radius 3 is 2.44 bits per heavy atom. The average Bonchev–Trinajstić information content (AvgIpc) is 3.65. The number of rotatable bonds is 18. The van der Waals surface area contributed by atoms with E-state index in [9.17, 15) is 27.9 Å². The highest BCUT2D eigenvalue weighted by atomic mass is 32.2. The number of aryl methyl sites for hydroxylation is 1. The highest BCUT2D eigenvalue weighted by Crippen LogP contribution is 2.22. The summed E-state index contributed by atoms with van der Waals surface area (Å²) in [5.41, 5.74) is 1.56. The Labute approximate surface area is 286 Å². The van der Waals surface area contributed by atoms with Gasteiger partial charge >= 0.3 is 6.03 Å². The maximum atomic E-state index is 14.0. The molecule has 2 heterocycles. The molecule has 4 amide bonds. The van der Waals surface area contributed by atoms with Crippen LogP contribution in [0.4, 0.5) is 4.79 Å². The van der Waals surface area contributed by atoms with Gasteiger partial charge in [-0.25, -0.2) is 18.2 Å². The van der Waals surface area contributed by atoms with Crippen LogP contribution in [0.1, 0.15) is 30.1 Å². The molecule has 48 heavy (non-hydrogen) atoms. The van der Waals surface area contributed by atoms with Gasteiger partial charge in [0.15, 0.2) is 0 Å². The summed E-state index contributed by atoms with van der Waals surface area (Å²) < 4.78 is 34.0. The van der Waals surface area contributed by atoms with Crippen LogP contribution in [0.5, 0.6) is 5.75 Å². The first kappa shape index (κ1) is 36.8. The number of urea groups is 1. The number of aromatic nitrogens is 1. The van der Waals surface area contributed by atoms with Gasteiger partial charge in [0, 0.05) is 38.1 Å². The SMILES string of the molecule is COc1ccc(S(=O)(=O)N(CC(C)C)C[C@@H](O)[C@H](Cc2ccccc2)NC(=O)[C@H](CNC=O)N2CCN(Cc3csc(C)n3)C2=O)cc1. The molecule has 1 aliphatic heterocycles. The Kier molecular flexibility index (Phi) is 12.9. The third-order valence-corrected chi connectivity index (χ3v) is 10.6. The number of carbonyl (C=O) groups excluding carboxylic acids is 3. The Hall–Kier alpha value is -4.05.